The molecule has 0 radical (unpaired) electrons. The van der Waals surface area contributed by atoms with Crippen molar-refractivity contribution < 1.29 is 19.6 Å². The number of fused-ring (bicyclic) bond motifs is 1. The Morgan fingerprint density at radius 1 is 1.16 bits per heavy atom. The average molecular weight is 360 g/mol. The Bertz CT molecular complexity index is 763. The maximum atomic E-state index is 10.2. The van der Waals surface area contributed by atoms with E-state index >= 15 is 0 Å². The van der Waals surface area contributed by atoms with Crippen molar-refractivity contribution in [3.05, 3.63) is 57.6 Å². The van der Waals surface area contributed by atoms with Gasteiger partial charge in [0, 0.05) is 5.56 Å². The summed E-state index contributed by atoms with van der Waals surface area (Å²) in [5.74, 6) is 1.50. The number of aryl methyl sites for hydroxylation is 2. The summed E-state index contributed by atoms with van der Waals surface area (Å²) in [6.45, 7) is 6.29. The second-order valence-electron chi connectivity index (χ2n) is 6.93. The molecule has 0 bridgehead atoms. The zero-order valence-electron chi connectivity index (χ0n) is 14.9. The Morgan fingerprint density at radius 2 is 1.84 bits per heavy atom. The minimum atomic E-state index is -2.05. The Labute approximate surface area is 150 Å². The summed E-state index contributed by atoms with van der Waals surface area (Å²) >= 11 is 0. The summed E-state index contributed by atoms with van der Waals surface area (Å²) in [6.07, 6.45) is 2.88. The van der Waals surface area contributed by atoms with Gasteiger partial charge in [-0.15, -0.1) is 0 Å². The van der Waals surface area contributed by atoms with Crippen molar-refractivity contribution in [2.24, 2.45) is 0 Å². The number of hydrogen-bond acceptors (Lipinski definition) is 4. The van der Waals surface area contributed by atoms with Crippen LogP contribution in [0, 0.1) is 13.8 Å². The lowest BCUT2D eigenvalue weighted by atomic mass is 9.91. The Balaban J connectivity index is 1.89. The van der Waals surface area contributed by atoms with Crippen LogP contribution < -0.4 is 4.74 Å². The predicted octanol–water partition coefficient (Wildman–Crippen LogP) is 4.28. The first-order valence-electron chi connectivity index (χ1n) is 8.58. The quantitative estimate of drug-likeness (QED) is 0.696. The van der Waals surface area contributed by atoms with E-state index in [1.807, 2.05) is 24.3 Å². The minimum absolute atomic E-state index is 0.0725. The fraction of sp³-hybridized carbons (Fsp3) is 0.400. The highest BCUT2D eigenvalue weighted by Crippen LogP contribution is 2.41. The minimum Gasteiger partial charge on any atom is -0.508 e. The first-order chi connectivity index (χ1) is 11.9. The lowest BCUT2D eigenvalue weighted by molar-refractivity contribution is 0.347. The molecule has 5 heteroatoms. The first kappa shape index (κ1) is 18.2. The van der Waals surface area contributed by atoms with Crippen molar-refractivity contribution in [2.75, 3.05) is 6.35 Å². The fourth-order valence-electron chi connectivity index (χ4n) is 3.85. The molecule has 3 rings (SSSR count). The molecule has 0 amide bonds. The average Bonchev–Trinajstić information content (AvgIpc) is 2.94. The summed E-state index contributed by atoms with van der Waals surface area (Å²) in [5, 5.41) is 10.2. The second-order valence-corrected chi connectivity index (χ2v) is 7.94. The van der Waals surface area contributed by atoms with Crippen LogP contribution in [0.4, 0.5) is 0 Å². The highest BCUT2D eigenvalue weighted by Gasteiger charge is 2.25. The van der Waals surface area contributed by atoms with Gasteiger partial charge in [0.05, 0.1) is 0 Å². The molecule has 4 nitrogen and oxygen atoms in total. The van der Waals surface area contributed by atoms with Gasteiger partial charge in [0.25, 0.3) is 0 Å². The van der Waals surface area contributed by atoms with E-state index in [-0.39, 0.29) is 6.35 Å². The van der Waals surface area contributed by atoms with E-state index in [1.54, 1.807) is 0 Å². The van der Waals surface area contributed by atoms with Gasteiger partial charge >= 0.3 is 0 Å². The topological polar surface area (TPSA) is 69.9 Å². The standard InChI is InChI=1S/C20H25O4P/c1-12-4-6-17-15(5-7-19(21)20(12)17)10-18-13(2)8-16(9-14(18)3)24-11-25(22)23/h5,7-9,12,21-23H,4,6,10-11H2,1-3H3. The van der Waals surface area contributed by atoms with E-state index in [2.05, 4.69) is 20.8 Å². The number of rotatable bonds is 5. The molecule has 0 aliphatic heterocycles. The molecule has 0 spiro atoms. The van der Waals surface area contributed by atoms with Gasteiger partial charge in [-0.2, -0.15) is 0 Å². The molecule has 0 saturated heterocycles. The number of ether oxygens (including phenoxy) is 1. The molecule has 0 aromatic heterocycles. The lowest BCUT2D eigenvalue weighted by Crippen LogP contribution is -2.02. The normalized spacial score (nSPS) is 16.3. The van der Waals surface area contributed by atoms with Crippen LogP contribution in [-0.2, 0) is 12.8 Å². The predicted molar refractivity (Wildman–Crippen MR) is 100 cm³/mol. The molecule has 0 heterocycles. The molecule has 3 N–H and O–H groups in total. The summed E-state index contributed by atoms with van der Waals surface area (Å²) in [4.78, 5) is 18.0. The van der Waals surface area contributed by atoms with Crippen molar-refractivity contribution in [1.82, 2.24) is 0 Å². The van der Waals surface area contributed by atoms with Gasteiger partial charge in [0.2, 0.25) is 8.38 Å². The van der Waals surface area contributed by atoms with Crippen molar-refractivity contribution in [3.63, 3.8) is 0 Å². The van der Waals surface area contributed by atoms with E-state index in [1.165, 1.54) is 16.7 Å². The lowest BCUT2D eigenvalue weighted by Gasteiger charge is -2.16. The van der Waals surface area contributed by atoms with Crippen molar-refractivity contribution in [2.45, 2.75) is 46.0 Å². The van der Waals surface area contributed by atoms with E-state index in [0.717, 1.165) is 36.0 Å². The monoisotopic (exact) mass is 360 g/mol. The SMILES string of the molecule is Cc1cc(OCP(O)O)cc(C)c1Cc1ccc(O)c2c1CCC2C. The van der Waals surface area contributed by atoms with E-state index < -0.39 is 8.38 Å². The highest BCUT2D eigenvalue weighted by molar-refractivity contribution is 7.44. The van der Waals surface area contributed by atoms with Gasteiger partial charge in [-0.25, -0.2) is 0 Å². The molecular weight excluding hydrogens is 335 g/mol. The molecular formula is C20H25O4P. The van der Waals surface area contributed by atoms with Crippen molar-refractivity contribution in [3.8, 4) is 11.5 Å². The van der Waals surface area contributed by atoms with Crippen molar-refractivity contribution in [1.29, 1.82) is 0 Å². The van der Waals surface area contributed by atoms with Gasteiger partial charge in [-0.05, 0) is 85.0 Å². The van der Waals surface area contributed by atoms with Crippen LogP contribution in [0.2, 0.25) is 0 Å². The molecule has 25 heavy (non-hydrogen) atoms. The molecule has 1 unspecified atom stereocenters. The number of hydrogen-bond donors (Lipinski definition) is 3. The zero-order valence-corrected chi connectivity index (χ0v) is 15.8. The van der Waals surface area contributed by atoms with E-state index in [4.69, 9.17) is 14.5 Å². The molecule has 2 aromatic rings. The van der Waals surface area contributed by atoms with Crippen LogP contribution >= 0.6 is 8.38 Å². The van der Waals surface area contributed by atoms with Crippen molar-refractivity contribution >= 4 is 8.38 Å². The van der Waals surface area contributed by atoms with Crippen LogP contribution in [0.5, 0.6) is 11.5 Å². The van der Waals surface area contributed by atoms with Gasteiger partial charge in [0.15, 0.2) is 6.35 Å². The molecule has 134 valence electrons. The van der Waals surface area contributed by atoms with E-state index in [0.29, 0.717) is 17.4 Å². The third-order valence-electron chi connectivity index (χ3n) is 5.13. The van der Waals surface area contributed by atoms with Gasteiger partial charge < -0.3 is 19.6 Å². The van der Waals surface area contributed by atoms with Crippen LogP contribution in [0.3, 0.4) is 0 Å². The van der Waals surface area contributed by atoms with E-state index in [9.17, 15) is 5.11 Å². The molecule has 1 atom stereocenters. The van der Waals surface area contributed by atoms with Crippen LogP contribution in [-0.4, -0.2) is 21.2 Å². The number of aromatic hydroxyl groups is 1. The third kappa shape index (κ3) is 3.82. The Kier molecular flexibility index (Phi) is 5.33. The van der Waals surface area contributed by atoms with Gasteiger partial charge in [0.1, 0.15) is 11.5 Å². The summed E-state index contributed by atoms with van der Waals surface area (Å²) in [7, 11) is -2.05. The Hall–Kier alpha value is -1.61. The maximum Gasteiger partial charge on any atom is 0.205 e. The maximum absolute atomic E-state index is 10.2. The van der Waals surface area contributed by atoms with Crippen LogP contribution in [0.15, 0.2) is 24.3 Å². The smallest absolute Gasteiger partial charge is 0.205 e. The summed E-state index contributed by atoms with van der Waals surface area (Å²) in [5.41, 5.74) is 7.22. The highest BCUT2D eigenvalue weighted by atomic mass is 31.2. The second kappa shape index (κ2) is 7.33. The van der Waals surface area contributed by atoms with Gasteiger partial charge in [-0.3, -0.25) is 0 Å². The molecule has 1 aliphatic rings. The molecule has 2 aromatic carbocycles. The number of benzene rings is 2. The summed E-state index contributed by atoms with van der Waals surface area (Å²) in [6, 6.07) is 7.76. The Morgan fingerprint density at radius 3 is 2.48 bits per heavy atom. The van der Waals surface area contributed by atoms with Gasteiger partial charge in [-0.1, -0.05) is 13.0 Å². The molecule has 0 saturated carbocycles. The summed E-state index contributed by atoms with van der Waals surface area (Å²) < 4.78 is 5.43. The first-order valence-corrected chi connectivity index (χ1v) is 10.0. The third-order valence-corrected chi connectivity index (χ3v) is 5.49. The fourth-order valence-corrected chi connectivity index (χ4v) is 4.12. The molecule has 1 aliphatic carbocycles. The molecule has 0 fully saturated rings. The largest absolute Gasteiger partial charge is 0.508 e. The number of phenols is 1. The zero-order chi connectivity index (χ0) is 18.1. The van der Waals surface area contributed by atoms with Crippen LogP contribution in [0.25, 0.3) is 0 Å². The number of phenolic OH excluding ortho intramolecular Hbond substituents is 1. The van der Waals surface area contributed by atoms with Crippen LogP contribution in [0.1, 0.15) is 52.6 Å².